The Morgan fingerprint density at radius 1 is 1.06 bits per heavy atom. The molecule has 0 aromatic heterocycles. The summed E-state index contributed by atoms with van der Waals surface area (Å²) in [5.41, 5.74) is 4.04. The molecule has 178 valence electrons. The summed E-state index contributed by atoms with van der Waals surface area (Å²) in [5.74, 6) is 0.0969. The third-order valence-electron chi connectivity index (χ3n) is 4.84. The van der Waals surface area contributed by atoms with Crippen LogP contribution >= 0.6 is 23.2 Å². The van der Waals surface area contributed by atoms with E-state index in [4.69, 9.17) is 27.9 Å². The minimum absolute atomic E-state index is 0.0204. The van der Waals surface area contributed by atoms with Gasteiger partial charge in [0.2, 0.25) is 10.0 Å². The summed E-state index contributed by atoms with van der Waals surface area (Å²) in [6.07, 6.45) is 1.86. The van der Waals surface area contributed by atoms with E-state index in [2.05, 4.69) is 10.5 Å². The molecule has 0 aliphatic heterocycles. The first-order valence-corrected chi connectivity index (χ1v) is 12.4. The molecule has 0 radical (unpaired) electrons. The third-order valence-corrected chi connectivity index (χ3v) is 7.40. The van der Waals surface area contributed by atoms with E-state index in [1.54, 1.807) is 31.4 Å². The molecule has 0 atom stereocenters. The number of methoxy groups -OCH3 is 1. The maximum absolute atomic E-state index is 13.4. The average molecular weight is 520 g/mol. The minimum atomic E-state index is -4.11. The number of carbonyl (C=O) groups is 1. The second kappa shape index (κ2) is 12.0. The number of carbonyl (C=O) groups excluding carboxylic acids is 1. The fraction of sp³-hybridized carbons (Fsp3) is 0.167. The highest BCUT2D eigenvalue weighted by Crippen LogP contribution is 2.28. The van der Waals surface area contributed by atoms with Gasteiger partial charge in [0.1, 0.15) is 10.6 Å². The normalized spacial score (nSPS) is 11.6. The Kier molecular flexibility index (Phi) is 9.06. The number of hydrogen-bond acceptors (Lipinski definition) is 5. The molecule has 0 aliphatic carbocycles. The van der Waals surface area contributed by atoms with Crippen molar-refractivity contribution in [3.05, 3.63) is 94.0 Å². The topological polar surface area (TPSA) is 88.1 Å². The molecule has 3 rings (SSSR count). The van der Waals surface area contributed by atoms with Crippen LogP contribution in [0.15, 0.2) is 82.8 Å². The fourth-order valence-corrected chi connectivity index (χ4v) is 5.20. The van der Waals surface area contributed by atoms with Crippen molar-refractivity contribution in [3.63, 3.8) is 0 Å². The molecule has 0 bridgehead atoms. The molecule has 1 N–H and O–H groups in total. The molecule has 0 saturated carbocycles. The van der Waals surface area contributed by atoms with Gasteiger partial charge >= 0.3 is 0 Å². The van der Waals surface area contributed by atoms with E-state index in [0.717, 1.165) is 15.4 Å². The predicted octanol–water partition coefficient (Wildman–Crippen LogP) is 4.39. The van der Waals surface area contributed by atoms with Crippen molar-refractivity contribution >= 4 is 45.3 Å². The number of hydrazone groups is 1. The van der Waals surface area contributed by atoms with E-state index >= 15 is 0 Å². The summed E-state index contributed by atoms with van der Waals surface area (Å²) in [4.78, 5) is 12.4. The Morgan fingerprint density at radius 3 is 2.44 bits per heavy atom. The first-order chi connectivity index (χ1) is 16.3. The third kappa shape index (κ3) is 7.04. The van der Waals surface area contributed by atoms with Crippen LogP contribution in [-0.2, 0) is 21.2 Å². The minimum Gasteiger partial charge on any atom is -0.497 e. The van der Waals surface area contributed by atoms with Crippen molar-refractivity contribution in [3.8, 4) is 5.75 Å². The van der Waals surface area contributed by atoms with E-state index in [9.17, 15) is 13.2 Å². The van der Waals surface area contributed by atoms with Crippen LogP contribution < -0.4 is 10.2 Å². The van der Waals surface area contributed by atoms with Gasteiger partial charge in [-0.3, -0.25) is 4.79 Å². The van der Waals surface area contributed by atoms with E-state index in [1.165, 1.54) is 24.4 Å². The largest absolute Gasteiger partial charge is 0.497 e. The SMILES string of the molecule is COc1ccc(/C=N\NC(=O)CN(CCc2ccccc2)S(=O)(=O)c2cc(Cl)ccc2Cl)cc1. The molecule has 3 aromatic rings. The molecular formula is C24H23Cl2N3O4S. The molecule has 0 fully saturated rings. The first-order valence-electron chi connectivity index (χ1n) is 10.2. The van der Waals surface area contributed by atoms with Gasteiger partial charge in [-0.05, 0) is 60.0 Å². The molecule has 0 spiro atoms. The molecule has 0 saturated heterocycles. The van der Waals surface area contributed by atoms with Gasteiger partial charge in [0.05, 0.1) is 24.9 Å². The highest BCUT2D eigenvalue weighted by molar-refractivity contribution is 7.89. The lowest BCUT2D eigenvalue weighted by Gasteiger charge is -2.22. The molecule has 3 aromatic carbocycles. The van der Waals surface area contributed by atoms with E-state index in [0.29, 0.717) is 12.2 Å². The highest BCUT2D eigenvalue weighted by atomic mass is 35.5. The fourth-order valence-electron chi connectivity index (χ4n) is 3.06. The highest BCUT2D eigenvalue weighted by Gasteiger charge is 2.28. The summed E-state index contributed by atoms with van der Waals surface area (Å²) in [6, 6.07) is 20.6. The van der Waals surface area contributed by atoms with Gasteiger partial charge in [-0.15, -0.1) is 0 Å². The van der Waals surface area contributed by atoms with Gasteiger partial charge < -0.3 is 4.74 Å². The molecule has 7 nitrogen and oxygen atoms in total. The number of rotatable bonds is 10. The van der Waals surface area contributed by atoms with Crippen LogP contribution in [0.2, 0.25) is 10.0 Å². The van der Waals surface area contributed by atoms with Crippen LogP contribution in [0, 0.1) is 0 Å². The summed E-state index contributed by atoms with van der Waals surface area (Å²) >= 11 is 12.2. The second-order valence-corrected chi connectivity index (χ2v) is 9.97. The van der Waals surface area contributed by atoms with Gasteiger partial charge in [0, 0.05) is 11.6 Å². The van der Waals surface area contributed by atoms with Crippen molar-refractivity contribution in [2.45, 2.75) is 11.3 Å². The smallest absolute Gasteiger partial charge is 0.255 e. The quantitative estimate of drug-likeness (QED) is 0.318. The summed E-state index contributed by atoms with van der Waals surface area (Å²) in [6.45, 7) is -0.386. The maximum atomic E-state index is 13.4. The van der Waals surface area contributed by atoms with Gasteiger partial charge in [-0.25, -0.2) is 13.8 Å². The van der Waals surface area contributed by atoms with Crippen LogP contribution in [0.1, 0.15) is 11.1 Å². The monoisotopic (exact) mass is 519 g/mol. The second-order valence-electron chi connectivity index (χ2n) is 7.22. The van der Waals surface area contributed by atoms with Crippen LogP contribution in [0.5, 0.6) is 5.75 Å². The van der Waals surface area contributed by atoms with Crippen molar-refractivity contribution in [1.29, 1.82) is 0 Å². The number of amides is 1. The Bertz CT molecular complexity index is 1250. The van der Waals surface area contributed by atoms with Crippen LogP contribution in [0.25, 0.3) is 0 Å². The van der Waals surface area contributed by atoms with Gasteiger partial charge in [-0.2, -0.15) is 9.41 Å². The Balaban J connectivity index is 1.76. The molecule has 34 heavy (non-hydrogen) atoms. The first kappa shape index (κ1) is 25.7. The van der Waals surface area contributed by atoms with Crippen LogP contribution in [0.3, 0.4) is 0 Å². The summed E-state index contributed by atoms with van der Waals surface area (Å²) in [7, 11) is -2.55. The number of nitrogens with one attached hydrogen (secondary N) is 1. The number of ether oxygens (including phenoxy) is 1. The van der Waals surface area contributed by atoms with Crippen molar-refractivity contribution in [2.24, 2.45) is 5.10 Å². The van der Waals surface area contributed by atoms with Crippen molar-refractivity contribution < 1.29 is 17.9 Å². The summed E-state index contributed by atoms with van der Waals surface area (Å²) in [5, 5.41) is 4.16. The average Bonchev–Trinajstić information content (AvgIpc) is 2.84. The molecule has 1 amide bonds. The van der Waals surface area contributed by atoms with Gasteiger partial charge in [0.25, 0.3) is 5.91 Å². The molecule has 0 heterocycles. The lowest BCUT2D eigenvalue weighted by Crippen LogP contribution is -2.40. The number of nitrogens with zero attached hydrogens (tertiary/aromatic N) is 2. The number of sulfonamides is 1. The van der Waals surface area contributed by atoms with Gasteiger partial charge in [-0.1, -0.05) is 53.5 Å². The van der Waals surface area contributed by atoms with Crippen LogP contribution in [-0.4, -0.2) is 45.0 Å². The zero-order valence-electron chi connectivity index (χ0n) is 18.3. The lowest BCUT2D eigenvalue weighted by molar-refractivity contribution is -0.121. The van der Waals surface area contributed by atoms with E-state index < -0.39 is 22.5 Å². The maximum Gasteiger partial charge on any atom is 0.255 e. The molecule has 0 unspecified atom stereocenters. The van der Waals surface area contributed by atoms with Crippen LogP contribution in [0.4, 0.5) is 0 Å². The Hall–Kier alpha value is -2.91. The number of benzene rings is 3. The standard InChI is InChI=1S/C24H23Cl2N3O4S/c1-33-21-10-7-19(8-11-21)16-27-28-24(30)17-29(14-13-18-5-3-2-4-6-18)34(31,32)23-15-20(25)9-12-22(23)26/h2-12,15-16H,13-14,17H2,1H3,(H,28,30)/b27-16-. The zero-order valence-corrected chi connectivity index (χ0v) is 20.6. The Morgan fingerprint density at radius 2 is 1.76 bits per heavy atom. The predicted molar refractivity (Wildman–Crippen MR) is 134 cm³/mol. The zero-order chi connectivity index (χ0) is 24.6. The Labute approximate surface area is 209 Å². The summed E-state index contributed by atoms with van der Waals surface area (Å²) < 4.78 is 32.9. The van der Waals surface area contributed by atoms with Crippen molar-refractivity contribution in [1.82, 2.24) is 9.73 Å². The molecular weight excluding hydrogens is 497 g/mol. The molecule has 0 aliphatic rings. The van der Waals surface area contributed by atoms with E-state index in [-0.39, 0.29) is 21.5 Å². The number of hydrogen-bond donors (Lipinski definition) is 1. The van der Waals surface area contributed by atoms with Crippen molar-refractivity contribution in [2.75, 3.05) is 20.2 Å². The molecule has 10 heteroatoms. The van der Waals surface area contributed by atoms with E-state index in [1.807, 2.05) is 30.3 Å². The lowest BCUT2D eigenvalue weighted by atomic mass is 10.1. The number of halogens is 2. The van der Waals surface area contributed by atoms with Gasteiger partial charge in [0.15, 0.2) is 0 Å².